The fourth-order valence-electron chi connectivity index (χ4n) is 2.13. The van der Waals surface area contributed by atoms with E-state index in [0.29, 0.717) is 23.1 Å². The summed E-state index contributed by atoms with van der Waals surface area (Å²) in [4.78, 5) is 4.35. The van der Waals surface area contributed by atoms with E-state index in [-0.39, 0.29) is 42.9 Å². The van der Waals surface area contributed by atoms with Crippen molar-refractivity contribution in [3.63, 3.8) is 0 Å². The second-order valence-corrected chi connectivity index (χ2v) is 5.67. The van der Waals surface area contributed by atoms with Gasteiger partial charge in [0, 0.05) is 23.7 Å². The molecule has 0 radical (unpaired) electrons. The molecule has 0 saturated carbocycles. The zero-order valence-corrected chi connectivity index (χ0v) is 17.0. The Morgan fingerprint density at radius 2 is 1.84 bits per heavy atom. The molecule has 0 bridgehead atoms. The van der Waals surface area contributed by atoms with Gasteiger partial charge in [0.2, 0.25) is 0 Å². The van der Waals surface area contributed by atoms with Crippen molar-refractivity contribution in [1.29, 1.82) is 0 Å². The molecule has 136 valence electrons. The normalized spacial score (nSPS) is 12.2. The lowest BCUT2D eigenvalue weighted by molar-refractivity contribution is 0.181. The van der Waals surface area contributed by atoms with Crippen molar-refractivity contribution < 1.29 is 9.50 Å². The zero-order valence-electron chi connectivity index (χ0n) is 13.9. The van der Waals surface area contributed by atoms with Crippen LogP contribution in [0.1, 0.15) is 24.2 Å². The molecule has 0 aromatic heterocycles. The van der Waals surface area contributed by atoms with E-state index in [0.717, 1.165) is 5.56 Å². The van der Waals surface area contributed by atoms with Crippen molar-refractivity contribution in [3.8, 4) is 0 Å². The molecule has 2 aromatic carbocycles. The van der Waals surface area contributed by atoms with Crippen LogP contribution < -0.4 is 10.6 Å². The third-order valence-corrected chi connectivity index (χ3v) is 3.68. The van der Waals surface area contributed by atoms with Gasteiger partial charge in [0.1, 0.15) is 5.82 Å². The van der Waals surface area contributed by atoms with E-state index >= 15 is 0 Å². The van der Waals surface area contributed by atoms with Gasteiger partial charge >= 0.3 is 0 Å². The summed E-state index contributed by atoms with van der Waals surface area (Å²) in [5.41, 5.74) is 1.28. The Morgan fingerprint density at radius 1 is 1.16 bits per heavy atom. The maximum Gasteiger partial charge on any atom is 0.191 e. The molecular formula is C18H22ClFIN3O. The third-order valence-electron chi connectivity index (χ3n) is 3.43. The Labute approximate surface area is 169 Å². The van der Waals surface area contributed by atoms with Gasteiger partial charge in [0.15, 0.2) is 5.96 Å². The summed E-state index contributed by atoms with van der Waals surface area (Å²) in [6.45, 7) is 3.11. The lowest BCUT2D eigenvalue weighted by atomic mass is 10.1. The molecule has 0 saturated heterocycles. The highest BCUT2D eigenvalue weighted by Gasteiger charge is 2.08. The van der Waals surface area contributed by atoms with Crippen LogP contribution >= 0.6 is 35.6 Å². The maximum atomic E-state index is 13.6. The van der Waals surface area contributed by atoms with Gasteiger partial charge in [-0.2, -0.15) is 0 Å². The fraction of sp³-hybridized carbons (Fsp3) is 0.278. The van der Waals surface area contributed by atoms with Crippen LogP contribution in [0.5, 0.6) is 0 Å². The predicted molar refractivity (Wildman–Crippen MR) is 111 cm³/mol. The smallest absolute Gasteiger partial charge is 0.191 e. The molecule has 0 amide bonds. The minimum absolute atomic E-state index is 0. The van der Waals surface area contributed by atoms with Gasteiger partial charge < -0.3 is 15.7 Å². The van der Waals surface area contributed by atoms with E-state index in [1.165, 1.54) is 6.07 Å². The van der Waals surface area contributed by atoms with E-state index in [1.807, 2.05) is 6.92 Å². The average Bonchev–Trinajstić information content (AvgIpc) is 2.59. The number of aliphatic hydroxyl groups excluding tert-OH is 1. The van der Waals surface area contributed by atoms with E-state index in [9.17, 15) is 9.50 Å². The number of aliphatic imine (C=N–C) groups is 1. The number of guanidine groups is 1. The second-order valence-electron chi connectivity index (χ2n) is 5.23. The highest BCUT2D eigenvalue weighted by Crippen LogP contribution is 2.15. The lowest BCUT2D eigenvalue weighted by Crippen LogP contribution is -2.39. The first kappa shape index (κ1) is 21.7. The minimum Gasteiger partial charge on any atom is -0.387 e. The van der Waals surface area contributed by atoms with Crippen LogP contribution in [0.25, 0.3) is 0 Å². The molecule has 2 rings (SSSR count). The first-order valence-corrected chi connectivity index (χ1v) is 8.17. The maximum absolute atomic E-state index is 13.6. The second kappa shape index (κ2) is 11.3. The molecule has 0 fully saturated rings. The minimum atomic E-state index is -0.695. The van der Waals surface area contributed by atoms with Crippen LogP contribution in [-0.4, -0.2) is 24.2 Å². The highest BCUT2D eigenvalue weighted by molar-refractivity contribution is 14.0. The number of hydrogen-bond acceptors (Lipinski definition) is 2. The van der Waals surface area contributed by atoms with Crippen LogP contribution in [0.2, 0.25) is 5.02 Å². The topological polar surface area (TPSA) is 56.7 Å². The number of aliphatic hydroxyl groups is 1. The molecule has 3 N–H and O–H groups in total. The van der Waals surface area contributed by atoms with E-state index in [2.05, 4.69) is 15.6 Å². The average molecular weight is 478 g/mol. The van der Waals surface area contributed by atoms with Gasteiger partial charge in [0.25, 0.3) is 0 Å². The van der Waals surface area contributed by atoms with Crippen LogP contribution in [0, 0.1) is 5.82 Å². The highest BCUT2D eigenvalue weighted by atomic mass is 127. The number of hydrogen-bond donors (Lipinski definition) is 3. The van der Waals surface area contributed by atoms with Crippen LogP contribution in [0.3, 0.4) is 0 Å². The standard InChI is InChI=1S/C18H21ClFN3O.HI/c1-2-21-18(22-11-14-5-3-4-6-16(14)20)23-12-17(24)13-7-9-15(19)10-8-13;/h3-10,17,24H,2,11-12H2,1H3,(H2,21,22,23);1H. The van der Waals surface area contributed by atoms with E-state index < -0.39 is 6.10 Å². The van der Waals surface area contributed by atoms with Crippen molar-refractivity contribution in [2.24, 2.45) is 4.99 Å². The van der Waals surface area contributed by atoms with Gasteiger partial charge in [-0.1, -0.05) is 41.9 Å². The van der Waals surface area contributed by atoms with Crippen LogP contribution in [0.4, 0.5) is 4.39 Å². The quantitative estimate of drug-likeness (QED) is 0.336. The van der Waals surface area contributed by atoms with Gasteiger partial charge in [-0.05, 0) is 30.7 Å². The zero-order chi connectivity index (χ0) is 17.4. The van der Waals surface area contributed by atoms with Crippen molar-refractivity contribution in [3.05, 3.63) is 70.5 Å². The molecule has 0 aliphatic rings. The van der Waals surface area contributed by atoms with Gasteiger partial charge in [0.05, 0.1) is 12.6 Å². The molecule has 0 spiro atoms. The Morgan fingerprint density at radius 3 is 2.48 bits per heavy atom. The first-order chi connectivity index (χ1) is 11.6. The van der Waals surface area contributed by atoms with Gasteiger partial charge in [-0.3, -0.25) is 0 Å². The number of rotatable bonds is 6. The first-order valence-electron chi connectivity index (χ1n) is 7.79. The molecule has 0 heterocycles. The molecule has 1 unspecified atom stereocenters. The summed E-state index contributed by atoms with van der Waals surface area (Å²) >= 11 is 5.84. The third kappa shape index (κ3) is 7.17. The monoisotopic (exact) mass is 477 g/mol. The summed E-state index contributed by atoms with van der Waals surface area (Å²) in [6.07, 6.45) is -0.695. The Kier molecular flexibility index (Phi) is 9.77. The Bertz CT molecular complexity index is 682. The summed E-state index contributed by atoms with van der Waals surface area (Å²) in [5.74, 6) is 0.243. The van der Waals surface area contributed by atoms with E-state index in [1.54, 1.807) is 42.5 Å². The van der Waals surface area contributed by atoms with Gasteiger partial charge in [-0.15, -0.1) is 24.0 Å². The molecule has 7 heteroatoms. The summed E-state index contributed by atoms with van der Waals surface area (Å²) < 4.78 is 13.6. The summed E-state index contributed by atoms with van der Waals surface area (Å²) in [5, 5.41) is 17.0. The van der Waals surface area contributed by atoms with Crippen LogP contribution in [0.15, 0.2) is 53.5 Å². The van der Waals surface area contributed by atoms with Crippen molar-refractivity contribution >= 4 is 41.5 Å². The molecule has 25 heavy (non-hydrogen) atoms. The van der Waals surface area contributed by atoms with Crippen molar-refractivity contribution in [2.75, 3.05) is 13.1 Å². The Hall–Kier alpha value is -1.38. The molecule has 0 aliphatic heterocycles. The lowest BCUT2D eigenvalue weighted by Gasteiger charge is -2.15. The van der Waals surface area contributed by atoms with Crippen LogP contribution in [-0.2, 0) is 6.54 Å². The molecule has 1 atom stereocenters. The number of nitrogens with zero attached hydrogens (tertiary/aromatic N) is 1. The molecule has 0 aliphatic carbocycles. The number of nitrogens with one attached hydrogen (secondary N) is 2. The van der Waals surface area contributed by atoms with Crippen molar-refractivity contribution in [2.45, 2.75) is 19.6 Å². The summed E-state index contributed by atoms with van der Waals surface area (Å²) in [6, 6.07) is 13.6. The largest absolute Gasteiger partial charge is 0.387 e. The fourth-order valence-corrected chi connectivity index (χ4v) is 2.25. The molecular weight excluding hydrogens is 456 g/mol. The Balaban J connectivity index is 0.00000312. The summed E-state index contributed by atoms with van der Waals surface area (Å²) in [7, 11) is 0. The molecule has 2 aromatic rings. The number of halogens is 3. The SMILES string of the molecule is CCNC(=NCc1ccccc1F)NCC(O)c1ccc(Cl)cc1.I. The van der Waals surface area contributed by atoms with Gasteiger partial charge in [-0.25, -0.2) is 9.38 Å². The van der Waals surface area contributed by atoms with E-state index in [4.69, 9.17) is 11.6 Å². The molecule has 4 nitrogen and oxygen atoms in total. The van der Waals surface area contributed by atoms with Crippen molar-refractivity contribution in [1.82, 2.24) is 10.6 Å². The predicted octanol–water partition coefficient (Wildman–Crippen LogP) is 3.89. The number of benzene rings is 2.